The molecule has 0 bridgehead atoms. The molecule has 0 aliphatic carbocycles. The maximum Gasteiger partial charge on any atom is 0.188 e. The van der Waals surface area contributed by atoms with E-state index >= 15 is 0 Å². The van der Waals surface area contributed by atoms with Gasteiger partial charge in [0.2, 0.25) is 0 Å². The number of fused-ring (bicyclic) bond motifs is 3. The van der Waals surface area contributed by atoms with Gasteiger partial charge in [0, 0.05) is 11.1 Å². The van der Waals surface area contributed by atoms with E-state index in [0.29, 0.717) is 0 Å². The highest BCUT2D eigenvalue weighted by molar-refractivity contribution is 7.20. The van der Waals surface area contributed by atoms with E-state index in [1.807, 2.05) is 0 Å². The number of rotatable bonds is 5. The van der Waals surface area contributed by atoms with Gasteiger partial charge in [0.05, 0.1) is 11.4 Å². The summed E-state index contributed by atoms with van der Waals surface area (Å²) in [5.74, 6) is 1.84. The van der Waals surface area contributed by atoms with Crippen LogP contribution in [0, 0.1) is 0 Å². The van der Waals surface area contributed by atoms with Crippen LogP contribution in [-0.2, 0) is 0 Å². The lowest BCUT2D eigenvalue weighted by Crippen LogP contribution is -2.76. The fraction of sp³-hybridized carbons (Fsp3) is 0. The van der Waals surface area contributed by atoms with Gasteiger partial charge in [0.1, 0.15) is 5.75 Å². The molecule has 0 radical (unpaired) electrons. The molecule has 0 spiro atoms. The molecule has 204 valence electrons. The zero-order chi connectivity index (χ0) is 28.6. The van der Waals surface area contributed by atoms with Gasteiger partial charge in [-0.3, -0.25) is 0 Å². The number of benzene rings is 7. The first-order valence-corrected chi connectivity index (χ1v) is 16.7. The van der Waals surface area contributed by atoms with Crippen LogP contribution in [0.5, 0.6) is 11.5 Å². The lowest BCUT2D eigenvalue weighted by molar-refractivity contribution is 0.488. The summed E-state index contributed by atoms with van der Waals surface area (Å²) >= 11 is 0. The number of hydrogen-bond donors (Lipinski definition) is 0. The predicted molar refractivity (Wildman–Crippen MR) is 182 cm³/mol. The van der Waals surface area contributed by atoms with E-state index in [1.165, 1.54) is 31.5 Å². The van der Waals surface area contributed by atoms with Crippen molar-refractivity contribution in [1.29, 1.82) is 0 Å². The van der Waals surface area contributed by atoms with Gasteiger partial charge in [-0.15, -0.1) is 0 Å². The Morgan fingerprint density at radius 2 is 0.953 bits per heavy atom. The number of ether oxygens (including phenoxy) is 1. The Morgan fingerprint density at radius 3 is 1.70 bits per heavy atom. The van der Waals surface area contributed by atoms with E-state index in [4.69, 9.17) is 4.74 Å². The van der Waals surface area contributed by atoms with Crippen LogP contribution in [0.4, 0.5) is 17.1 Å². The number of para-hydroxylation sites is 3. The Bertz CT molecular complexity index is 2010. The summed E-state index contributed by atoms with van der Waals surface area (Å²) in [6, 6.07) is 63.2. The van der Waals surface area contributed by atoms with Gasteiger partial charge in [0.15, 0.2) is 13.8 Å². The molecule has 0 fully saturated rings. The smallest absolute Gasteiger partial charge is 0.188 e. The molecule has 0 aromatic heterocycles. The second-order valence-electron chi connectivity index (χ2n) is 10.9. The van der Waals surface area contributed by atoms with Gasteiger partial charge in [0.25, 0.3) is 0 Å². The molecular weight excluding hydrogens is 539 g/mol. The van der Waals surface area contributed by atoms with E-state index in [-0.39, 0.29) is 0 Å². The third kappa shape index (κ3) is 4.01. The first-order valence-electron chi connectivity index (χ1n) is 14.7. The highest BCUT2D eigenvalue weighted by Gasteiger charge is 2.48. The minimum Gasteiger partial charge on any atom is -0.455 e. The molecule has 0 atom stereocenters. The highest BCUT2D eigenvalue weighted by Crippen LogP contribution is 2.45. The average Bonchev–Trinajstić information content (AvgIpc) is 3.09. The number of hydrogen-bond acceptors (Lipinski definition) is 2. The van der Waals surface area contributed by atoms with Crippen molar-refractivity contribution in [3.05, 3.63) is 176 Å². The molecule has 2 nitrogen and oxygen atoms in total. The molecule has 0 saturated heterocycles. The normalized spacial score (nSPS) is 13.0. The Balaban J connectivity index is 1.49. The minimum atomic E-state index is -2.76. The summed E-state index contributed by atoms with van der Waals surface area (Å²) in [4.78, 5) is 2.37. The Hall–Kier alpha value is -5.38. The van der Waals surface area contributed by atoms with E-state index in [2.05, 4.69) is 181 Å². The first-order chi connectivity index (χ1) is 21.4. The van der Waals surface area contributed by atoms with Crippen molar-refractivity contribution < 1.29 is 4.74 Å². The molecule has 0 amide bonds. The van der Waals surface area contributed by atoms with Gasteiger partial charge < -0.3 is 9.64 Å². The molecule has 0 N–H and O–H groups in total. The third-order valence-electron chi connectivity index (χ3n) is 8.58. The standard InChI is InChI=1S/C40H29NOSi/c1-4-18-31(19-5-1)41(35-25-14-17-30-16-10-11-24-34(30)35)36-26-15-29-39-40(36)42-37-27-12-13-28-38(37)43(39,32-20-6-2-7-21-32)33-22-8-3-9-23-33/h1-29H. The van der Waals surface area contributed by atoms with Crippen LogP contribution in [-0.4, -0.2) is 8.07 Å². The summed E-state index contributed by atoms with van der Waals surface area (Å²) in [6.45, 7) is 0. The Kier molecular flexibility index (Phi) is 6.17. The zero-order valence-electron chi connectivity index (χ0n) is 23.6. The Labute approximate surface area is 253 Å². The summed E-state index contributed by atoms with van der Waals surface area (Å²) in [5.41, 5.74) is 3.23. The van der Waals surface area contributed by atoms with Crippen molar-refractivity contribution in [2.75, 3.05) is 4.90 Å². The predicted octanol–water partition coefficient (Wildman–Crippen LogP) is 7.79. The quantitative estimate of drug-likeness (QED) is 0.197. The molecule has 1 aliphatic rings. The largest absolute Gasteiger partial charge is 0.455 e. The minimum absolute atomic E-state index is 0.914. The maximum atomic E-state index is 7.04. The van der Waals surface area contributed by atoms with Crippen LogP contribution in [0.15, 0.2) is 176 Å². The number of anilines is 3. The van der Waals surface area contributed by atoms with Crippen molar-refractivity contribution >= 4 is 56.7 Å². The van der Waals surface area contributed by atoms with Gasteiger partial charge in [-0.05, 0) is 56.5 Å². The topological polar surface area (TPSA) is 12.5 Å². The van der Waals surface area contributed by atoms with Crippen molar-refractivity contribution in [3.8, 4) is 11.5 Å². The Morgan fingerprint density at radius 1 is 0.419 bits per heavy atom. The summed E-state index contributed by atoms with van der Waals surface area (Å²) in [6.07, 6.45) is 0. The molecule has 8 rings (SSSR count). The van der Waals surface area contributed by atoms with Gasteiger partial charge in [-0.1, -0.05) is 146 Å². The first kappa shape index (κ1) is 25.3. The maximum absolute atomic E-state index is 7.04. The van der Waals surface area contributed by atoms with Crippen LogP contribution < -0.4 is 30.4 Å². The molecule has 0 unspecified atom stereocenters. The second-order valence-corrected chi connectivity index (χ2v) is 14.6. The van der Waals surface area contributed by atoms with E-state index in [0.717, 1.165) is 28.6 Å². The van der Waals surface area contributed by atoms with Gasteiger partial charge in [-0.25, -0.2) is 0 Å². The third-order valence-corrected chi connectivity index (χ3v) is 13.4. The van der Waals surface area contributed by atoms with Crippen molar-refractivity contribution in [2.45, 2.75) is 0 Å². The summed E-state index contributed by atoms with van der Waals surface area (Å²) in [5, 5.41) is 7.60. The second kappa shape index (κ2) is 10.5. The van der Waals surface area contributed by atoms with Crippen LogP contribution in [0.2, 0.25) is 0 Å². The van der Waals surface area contributed by atoms with Crippen LogP contribution in [0.3, 0.4) is 0 Å². The van der Waals surface area contributed by atoms with Gasteiger partial charge in [-0.2, -0.15) is 0 Å². The molecular formula is C40H29NOSi. The van der Waals surface area contributed by atoms with Gasteiger partial charge >= 0.3 is 0 Å². The SMILES string of the molecule is c1ccc(N(c2cccc3c2Oc2ccccc2[Si]3(c2ccccc2)c2ccccc2)c2cccc3ccccc23)cc1. The molecule has 7 aromatic carbocycles. The van der Waals surface area contributed by atoms with Crippen LogP contribution in [0.1, 0.15) is 0 Å². The monoisotopic (exact) mass is 567 g/mol. The molecule has 1 aliphatic heterocycles. The van der Waals surface area contributed by atoms with Crippen molar-refractivity contribution in [3.63, 3.8) is 0 Å². The molecule has 3 heteroatoms. The fourth-order valence-corrected chi connectivity index (χ4v) is 11.7. The molecule has 0 saturated carbocycles. The van der Waals surface area contributed by atoms with E-state index in [9.17, 15) is 0 Å². The number of nitrogens with zero attached hydrogens (tertiary/aromatic N) is 1. The highest BCUT2D eigenvalue weighted by atomic mass is 28.3. The summed E-state index contributed by atoms with van der Waals surface area (Å²) < 4.78 is 7.04. The average molecular weight is 568 g/mol. The van der Waals surface area contributed by atoms with Crippen LogP contribution >= 0.6 is 0 Å². The zero-order valence-corrected chi connectivity index (χ0v) is 24.6. The van der Waals surface area contributed by atoms with E-state index < -0.39 is 8.07 Å². The van der Waals surface area contributed by atoms with Crippen LogP contribution in [0.25, 0.3) is 10.8 Å². The molecule has 1 heterocycles. The lowest BCUT2D eigenvalue weighted by Gasteiger charge is -2.41. The molecule has 43 heavy (non-hydrogen) atoms. The fourth-order valence-electron chi connectivity index (χ4n) is 6.78. The summed E-state index contributed by atoms with van der Waals surface area (Å²) in [7, 11) is -2.76. The lowest BCUT2D eigenvalue weighted by atomic mass is 10.1. The van der Waals surface area contributed by atoms with Crippen molar-refractivity contribution in [1.82, 2.24) is 0 Å². The van der Waals surface area contributed by atoms with E-state index in [1.54, 1.807) is 0 Å². The molecule has 7 aromatic rings. The van der Waals surface area contributed by atoms with Crippen molar-refractivity contribution in [2.24, 2.45) is 0 Å².